The van der Waals surface area contributed by atoms with Crippen LogP contribution in [0.1, 0.15) is 18.4 Å². The molecule has 1 aliphatic heterocycles. The van der Waals surface area contributed by atoms with Crippen molar-refractivity contribution in [2.24, 2.45) is 5.73 Å². The molecule has 1 aromatic rings. The summed E-state index contributed by atoms with van der Waals surface area (Å²) < 4.78 is 0. The molecule has 6 heteroatoms. The van der Waals surface area contributed by atoms with Crippen LogP contribution in [0.25, 0.3) is 0 Å². The molecule has 1 fully saturated rings. The van der Waals surface area contributed by atoms with Crippen molar-refractivity contribution in [1.82, 2.24) is 4.90 Å². The van der Waals surface area contributed by atoms with Crippen molar-refractivity contribution in [3.8, 4) is 6.07 Å². The molecule has 0 aliphatic carbocycles. The average molecular weight is 309 g/mol. The minimum Gasteiger partial charge on any atom is -0.370 e. The van der Waals surface area contributed by atoms with Crippen LogP contribution >= 0.6 is 12.4 Å². The second-order valence-corrected chi connectivity index (χ2v) is 5.06. The third kappa shape index (κ3) is 5.25. The van der Waals surface area contributed by atoms with Crippen LogP contribution in [0, 0.1) is 11.3 Å². The highest BCUT2D eigenvalue weighted by atomic mass is 35.5. The van der Waals surface area contributed by atoms with Crippen LogP contribution in [0.15, 0.2) is 24.3 Å². The van der Waals surface area contributed by atoms with E-state index >= 15 is 0 Å². The van der Waals surface area contributed by atoms with Crippen molar-refractivity contribution in [2.45, 2.75) is 12.8 Å². The summed E-state index contributed by atoms with van der Waals surface area (Å²) in [4.78, 5) is 15.4. The van der Waals surface area contributed by atoms with E-state index in [0.29, 0.717) is 12.0 Å². The van der Waals surface area contributed by atoms with Gasteiger partial charge < -0.3 is 10.6 Å². The van der Waals surface area contributed by atoms with E-state index in [-0.39, 0.29) is 18.3 Å². The van der Waals surface area contributed by atoms with Gasteiger partial charge in [0, 0.05) is 38.3 Å². The summed E-state index contributed by atoms with van der Waals surface area (Å²) in [5.41, 5.74) is 6.95. The van der Waals surface area contributed by atoms with Crippen molar-refractivity contribution in [1.29, 1.82) is 5.26 Å². The van der Waals surface area contributed by atoms with E-state index in [2.05, 4.69) is 15.9 Å². The number of carbonyl (C=O) groups excluding carboxylic acids is 1. The van der Waals surface area contributed by atoms with E-state index in [1.807, 2.05) is 24.3 Å². The van der Waals surface area contributed by atoms with Gasteiger partial charge in [0.25, 0.3) is 0 Å². The number of amides is 1. The number of primary amides is 1. The minimum atomic E-state index is -0.225. The van der Waals surface area contributed by atoms with E-state index in [9.17, 15) is 4.79 Å². The summed E-state index contributed by atoms with van der Waals surface area (Å²) in [5.74, 6) is -0.225. The third-order valence-electron chi connectivity index (χ3n) is 3.61. The molecule has 0 radical (unpaired) electrons. The van der Waals surface area contributed by atoms with E-state index in [1.54, 1.807) is 0 Å². The molecule has 2 rings (SSSR count). The van der Waals surface area contributed by atoms with Crippen molar-refractivity contribution in [3.05, 3.63) is 29.8 Å². The van der Waals surface area contributed by atoms with Crippen molar-refractivity contribution >= 4 is 24.0 Å². The van der Waals surface area contributed by atoms with E-state index in [0.717, 1.165) is 44.8 Å². The van der Waals surface area contributed by atoms with Gasteiger partial charge in [-0.15, -0.1) is 12.4 Å². The van der Waals surface area contributed by atoms with Crippen molar-refractivity contribution < 1.29 is 4.79 Å². The average Bonchev–Trinajstić information content (AvgIpc) is 2.48. The van der Waals surface area contributed by atoms with Gasteiger partial charge in [0.2, 0.25) is 5.91 Å². The SMILES string of the molecule is Cl.N#Cc1cccc(N2CCN(CCCC(N)=O)CC2)c1. The van der Waals surface area contributed by atoms with Crippen LogP contribution in [0.4, 0.5) is 5.69 Å². The molecular weight excluding hydrogens is 288 g/mol. The molecule has 21 heavy (non-hydrogen) atoms. The third-order valence-corrected chi connectivity index (χ3v) is 3.61. The number of anilines is 1. The Morgan fingerprint density at radius 3 is 2.62 bits per heavy atom. The van der Waals surface area contributed by atoms with Gasteiger partial charge in [0.1, 0.15) is 0 Å². The van der Waals surface area contributed by atoms with Gasteiger partial charge in [-0.05, 0) is 31.2 Å². The Morgan fingerprint density at radius 1 is 1.29 bits per heavy atom. The van der Waals surface area contributed by atoms with E-state index < -0.39 is 0 Å². The monoisotopic (exact) mass is 308 g/mol. The Kier molecular flexibility index (Phi) is 7.00. The first-order valence-corrected chi connectivity index (χ1v) is 6.95. The van der Waals surface area contributed by atoms with Gasteiger partial charge in [0.15, 0.2) is 0 Å². The lowest BCUT2D eigenvalue weighted by Gasteiger charge is -2.36. The van der Waals surface area contributed by atoms with Crippen LogP contribution in [-0.2, 0) is 4.79 Å². The highest BCUT2D eigenvalue weighted by Gasteiger charge is 2.17. The standard InChI is InChI=1S/C15H20N4O.ClH/c16-12-13-3-1-4-14(11-13)19-9-7-18(8-10-19)6-2-5-15(17)20;/h1,3-4,11H,2,5-10H2,(H2,17,20);1H. The fourth-order valence-electron chi connectivity index (χ4n) is 2.48. The summed E-state index contributed by atoms with van der Waals surface area (Å²) in [6.07, 6.45) is 1.30. The summed E-state index contributed by atoms with van der Waals surface area (Å²) in [7, 11) is 0. The Morgan fingerprint density at radius 2 is 2.00 bits per heavy atom. The number of halogens is 1. The van der Waals surface area contributed by atoms with Crippen LogP contribution in [0.2, 0.25) is 0 Å². The number of piperazine rings is 1. The van der Waals surface area contributed by atoms with E-state index in [1.165, 1.54) is 0 Å². The van der Waals surface area contributed by atoms with Crippen LogP contribution in [0.5, 0.6) is 0 Å². The molecule has 0 atom stereocenters. The van der Waals surface area contributed by atoms with Gasteiger partial charge in [-0.1, -0.05) is 6.07 Å². The molecule has 0 saturated carbocycles. The lowest BCUT2D eigenvalue weighted by molar-refractivity contribution is -0.118. The molecule has 0 aromatic heterocycles. The normalized spacial score (nSPS) is 15.1. The Labute approximate surface area is 131 Å². The van der Waals surface area contributed by atoms with E-state index in [4.69, 9.17) is 11.0 Å². The first-order chi connectivity index (χ1) is 9.69. The molecule has 1 heterocycles. The summed E-state index contributed by atoms with van der Waals surface area (Å²) >= 11 is 0. The number of hydrogen-bond donors (Lipinski definition) is 1. The predicted molar refractivity (Wildman–Crippen MR) is 85.5 cm³/mol. The number of carbonyl (C=O) groups is 1. The first-order valence-electron chi connectivity index (χ1n) is 6.95. The molecule has 1 saturated heterocycles. The van der Waals surface area contributed by atoms with Crippen molar-refractivity contribution in [2.75, 3.05) is 37.6 Å². The molecule has 2 N–H and O–H groups in total. The predicted octanol–water partition coefficient (Wildman–Crippen LogP) is 1.37. The molecule has 1 aliphatic rings. The Bertz CT molecular complexity index is 507. The number of hydrogen-bond acceptors (Lipinski definition) is 4. The second-order valence-electron chi connectivity index (χ2n) is 5.06. The number of nitrogens with zero attached hydrogens (tertiary/aromatic N) is 3. The van der Waals surface area contributed by atoms with Gasteiger partial charge in [-0.3, -0.25) is 9.69 Å². The zero-order valence-corrected chi connectivity index (χ0v) is 12.8. The fraction of sp³-hybridized carbons (Fsp3) is 0.467. The Balaban J connectivity index is 0.00000220. The maximum atomic E-state index is 10.7. The highest BCUT2D eigenvalue weighted by molar-refractivity contribution is 5.85. The van der Waals surface area contributed by atoms with Gasteiger partial charge in [-0.2, -0.15) is 5.26 Å². The van der Waals surface area contributed by atoms with Gasteiger partial charge in [0.05, 0.1) is 11.6 Å². The van der Waals surface area contributed by atoms with Crippen LogP contribution in [0.3, 0.4) is 0 Å². The molecule has 0 unspecified atom stereocenters. The summed E-state index contributed by atoms with van der Waals surface area (Å²) in [6, 6.07) is 9.90. The number of nitriles is 1. The number of nitrogens with two attached hydrogens (primary N) is 1. The molecule has 1 amide bonds. The summed E-state index contributed by atoms with van der Waals surface area (Å²) in [6.45, 7) is 4.79. The molecule has 0 bridgehead atoms. The number of rotatable bonds is 5. The van der Waals surface area contributed by atoms with Crippen LogP contribution in [-0.4, -0.2) is 43.5 Å². The molecular formula is C15H21ClN4O. The topological polar surface area (TPSA) is 73.4 Å². The van der Waals surface area contributed by atoms with Crippen molar-refractivity contribution in [3.63, 3.8) is 0 Å². The minimum absolute atomic E-state index is 0. The quantitative estimate of drug-likeness (QED) is 0.891. The zero-order valence-electron chi connectivity index (χ0n) is 12.0. The summed E-state index contributed by atoms with van der Waals surface area (Å²) in [5, 5.41) is 8.93. The Hall–Kier alpha value is -1.77. The first kappa shape index (κ1) is 17.3. The lowest BCUT2D eigenvalue weighted by Crippen LogP contribution is -2.46. The molecule has 0 spiro atoms. The zero-order chi connectivity index (χ0) is 14.4. The number of benzene rings is 1. The molecule has 114 valence electrons. The van der Waals surface area contributed by atoms with Gasteiger partial charge >= 0.3 is 0 Å². The largest absolute Gasteiger partial charge is 0.370 e. The molecule has 1 aromatic carbocycles. The fourth-order valence-corrected chi connectivity index (χ4v) is 2.48. The van der Waals surface area contributed by atoms with Crippen LogP contribution < -0.4 is 10.6 Å². The highest BCUT2D eigenvalue weighted by Crippen LogP contribution is 2.17. The second kappa shape index (κ2) is 8.50. The van der Waals surface area contributed by atoms with Gasteiger partial charge in [-0.25, -0.2) is 0 Å². The smallest absolute Gasteiger partial charge is 0.217 e. The molecule has 5 nitrogen and oxygen atoms in total. The maximum Gasteiger partial charge on any atom is 0.217 e. The lowest BCUT2D eigenvalue weighted by atomic mass is 10.2. The maximum absolute atomic E-state index is 10.7.